The van der Waals surface area contributed by atoms with E-state index in [2.05, 4.69) is 5.32 Å². The normalized spacial score (nSPS) is 11.8. The van der Waals surface area contributed by atoms with Crippen LogP contribution in [0, 0.1) is 0 Å². The third kappa shape index (κ3) is 3.31. The number of nitrogen functional groups attached to an aromatic ring is 1. The summed E-state index contributed by atoms with van der Waals surface area (Å²) < 4.78 is 46.2. The number of nitrogens with one attached hydrogen (secondary N) is 1. The molecular weight excluding hydrogens is 240 g/mol. The summed E-state index contributed by atoms with van der Waals surface area (Å²) in [6, 6.07) is 3.79. The number of hydrogen-bond acceptors (Lipinski definition) is 4. The van der Waals surface area contributed by atoms with Gasteiger partial charge in [0.05, 0.1) is 12.2 Å². The fourth-order valence-electron chi connectivity index (χ4n) is 1.11. The number of benzene rings is 1. The fraction of sp³-hybridized carbons (Fsp3) is 0.250. The minimum atomic E-state index is -3.99. The van der Waals surface area contributed by atoms with Gasteiger partial charge in [-0.05, 0) is 18.2 Å². The monoisotopic (exact) mass is 251 g/mol. The summed E-state index contributed by atoms with van der Waals surface area (Å²) in [5.74, 6) is 0. The SMILES string of the molecule is Nc1ccc(NCC(F)F)c(S(N)(=O)=O)c1. The molecule has 1 aromatic rings. The zero-order valence-corrected chi connectivity index (χ0v) is 8.97. The maximum Gasteiger partial charge on any atom is 0.255 e. The fourth-order valence-corrected chi connectivity index (χ4v) is 1.85. The summed E-state index contributed by atoms with van der Waals surface area (Å²) in [6.07, 6.45) is -2.59. The Bertz CT molecular complexity index is 476. The lowest BCUT2D eigenvalue weighted by molar-refractivity contribution is 0.163. The summed E-state index contributed by atoms with van der Waals surface area (Å²) in [5, 5.41) is 7.20. The van der Waals surface area contributed by atoms with Gasteiger partial charge in [-0.15, -0.1) is 0 Å². The Morgan fingerprint density at radius 2 is 2.00 bits per heavy atom. The van der Waals surface area contributed by atoms with Crippen molar-refractivity contribution in [1.29, 1.82) is 0 Å². The first kappa shape index (κ1) is 12.7. The lowest BCUT2D eigenvalue weighted by Gasteiger charge is -2.10. The van der Waals surface area contributed by atoms with Crippen molar-refractivity contribution in [1.82, 2.24) is 0 Å². The number of hydrogen-bond donors (Lipinski definition) is 3. The van der Waals surface area contributed by atoms with Gasteiger partial charge in [0.15, 0.2) is 0 Å². The van der Waals surface area contributed by atoms with Crippen molar-refractivity contribution < 1.29 is 17.2 Å². The molecule has 0 heterocycles. The largest absolute Gasteiger partial charge is 0.399 e. The highest BCUT2D eigenvalue weighted by atomic mass is 32.2. The van der Waals surface area contributed by atoms with Crippen LogP contribution in [0.15, 0.2) is 23.1 Å². The van der Waals surface area contributed by atoms with Crippen LogP contribution in [0.25, 0.3) is 0 Å². The van der Waals surface area contributed by atoms with Gasteiger partial charge in [-0.25, -0.2) is 22.3 Å². The van der Waals surface area contributed by atoms with Gasteiger partial charge >= 0.3 is 0 Å². The first-order valence-electron chi connectivity index (χ1n) is 4.25. The highest BCUT2D eigenvalue weighted by molar-refractivity contribution is 7.89. The molecule has 0 saturated heterocycles. The molecule has 0 bridgehead atoms. The van der Waals surface area contributed by atoms with Crippen molar-refractivity contribution >= 4 is 21.4 Å². The third-order valence-corrected chi connectivity index (χ3v) is 2.71. The summed E-state index contributed by atoms with van der Waals surface area (Å²) in [5.41, 5.74) is 5.58. The Morgan fingerprint density at radius 1 is 1.38 bits per heavy atom. The number of anilines is 2. The molecule has 5 nitrogen and oxygen atoms in total. The molecule has 0 aliphatic heterocycles. The van der Waals surface area contributed by atoms with E-state index in [1.165, 1.54) is 12.1 Å². The van der Waals surface area contributed by atoms with Crippen molar-refractivity contribution in [3.63, 3.8) is 0 Å². The Balaban J connectivity index is 3.09. The zero-order valence-electron chi connectivity index (χ0n) is 8.15. The molecule has 0 unspecified atom stereocenters. The van der Waals surface area contributed by atoms with Crippen LogP contribution in [0.4, 0.5) is 20.2 Å². The highest BCUT2D eigenvalue weighted by Gasteiger charge is 2.15. The number of halogens is 2. The second-order valence-electron chi connectivity index (χ2n) is 3.07. The van der Waals surface area contributed by atoms with E-state index in [1.54, 1.807) is 0 Å². The number of nitrogens with two attached hydrogens (primary N) is 2. The van der Waals surface area contributed by atoms with Gasteiger partial charge < -0.3 is 11.1 Å². The Kier molecular flexibility index (Phi) is 3.66. The van der Waals surface area contributed by atoms with E-state index in [-0.39, 0.29) is 16.3 Å². The molecule has 1 aromatic carbocycles. The molecule has 0 aliphatic rings. The number of sulfonamides is 1. The van der Waals surface area contributed by atoms with E-state index in [0.717, 1.165) is 6.07 Å². The van der Waals surface area contributed by atoms with Crippen molar-refractivity contribution in [2.75, 3.05) is 17.6 Å². The average molecular weight is 251 g/mol. The summed E-state index contributed by atoms with van der Waals surface area (Å²) in [6.45, 7) is -0.660. The van der Waals surface area contributed by atoms with Crippen molar-refractivity contribution in [3.8, 4) is 0 Å². The minimum absolute atomic E-state index is 0.0111. The number of primary sulfonamides is 1. The van der Waals surface area contributed by atoms with E-state index in [1.807, 2.05) is 0 Å². The first-order valence-corrected chi connectivity index (χ1v) is 5.79. The van der Waals surface area contributed by atoms with Gasteiger partial charge in [0.2, 0.25) is 10.0 Å². The van der Waals surface area contributed by atoms with Crippen LogP contribution in [0.5, 0.6) is 0 Å². The lowest BCUT2D eigenvalue weighted by atomic mass is 10.3. The van der Waals surface area contributed by atoms with Crippen LogP contribution < -0.4 is 16.2 Å². The van der Waals surface area contributed by atoms with Crippen LogP contribution in [0.3, 0.4) is 0 Å². The molecule has 5 N–H and O–H groups in total. The molecule has 0 fully saturated rings. The Labute approximate surface area is 91.5 Å². The van der Waals surface area contributed by atoms with Gasteiger partial charge in [-0.1, -0.05) is 0 Å². The van der Waals surface area contributed by atoms with Gasteiger partial charge in [0.25, 0.3) is 6.43 Å². The van der Waals surface area contributed by atoms with Crippen molar-refractivity contribution in [2.45, 2.75) is 11.3 Å². The number of alkyl halides is 2. The van der Waals surface area contributed by atoms with Crippen LogP contribution in [-0.4, -0.2) is 21.4 Å². The van der Waals surface area contributed by atoms with Crippen LogP contribution in [0.2, 0.25) is 0 Å². The molecule has 90 valence electrons. The van der Waals surface area contributed by atoms with E-state index in [4.69, 9.17) is 10.9 Å². The quantitative estimate of drug-likeness (QED) is 0.682. The van der Waals surface area contributed by atoms with E-state index < -0.39 is 23.0 Å². The van der Waals surface area contributed by atoms with Crippen molar-refractivity contribution in [2.24, 2.45) is 5.14 Å². The summed E-state index contributed by atoms with van der Waals surface area (Å²) >= 11 is 0. The molecule has 0 amide bonds. The summed E-state index contributed by atoms with van der Waals surface area (Å²) in [4.78, 5) is -0.298. The van der Waals surface area contributed by atoms with Gasteiger partial charge in [0, 0.05) is 5.69 Å². The zero-order chi connectivity index (χ0) is 12.3. The minimum Gasteiger partial charge on any atom is -0.399 e. The first-order chi connectivity index (χ1) is 7.30. The van der Waals surface area contributed by atoms with Crippen molar-refractivity contribution in [3.05, 3.63) is 18.2 Å². The molecule has 0 aromatic heterocycles. The molecule has 0 spiro atoms. The molecule has 0 aliphatic carbocycles. The maximum atomic E-state index is 12.0. The second kappa shape index (κ2) is 4.62. The smallest absolute Gasteiger partial charge is 0.255 e. The Morgan fingerprint density at radius 3 is 2.50 bits per heavy atom. The van der Waals surface area contributed by atoms with Gasteiger partial charge in [-0.3, -0.25) is 0 Å². The molecule has 0 saturated carbocycles. The molecule has 16 heavy (non-hydrogen) atoms. The predicted molar refractivity (Wildman–Crippen MR) is 56.7 cm³/mol. The third-order valence-electron chi connectivity index (χ3n) is 1.76. The average Bonchev–Trinajstić information content (AvgIpc) is 2.14. The lowest BCUT2D eigenvalue weighted by Crippen LogP contribution is -2.17. The predicted octanol–water partition coefficient (Wildman–Crippen LogP) is 0.593. The van der Waals surface area contributed by atoms with Gasteiger partial charge in [-0.2, -0.15) is 0 Å². The van der Waals surface area contributed by atoms with E-state index in [0.29, 0.717) is 0 Å². The molecule has 1 rings (SSSR count). The number of rotatable bonds is 4. The topological polar surface area (TPSA) is 98.2 Å². The van der Waals surface area contributed by atoms with Crippen LogP contribution >= 0.6 is 0 Å². The molecular formula is C8H11F2N3O2S. The molecule has 0 radical (unpaired) electrons. The molecule has 0 atom stereocenters. The summed E-state index contributed by atoms with van der Waals surface area (Å²) in [7, 11) is -3.99. The molecule has 8 heteroatoms. The second-order valence-corrected chi connectivity index (χ2v) is 4.60. The van der Waals surface area contributed by atoms with Gasteiger partial charge in [0.1, 0.15) is 4.90 Å². The highest BCUT2D eigenvalue weighted by Crippen LogP contribution is 2.22. The van der Waals surface area contributed by atoms with Crippen LogP contribution in [-0.2, 0) is 10.0 Å². The Hall–Kier alpha value is -1.41. The van der Waals surface area contributed by atoms with E-state index in [9.17, 15) is 17.2 Å². The van der Waals surface area contributed by atoms with E-state index >= 15 is 0 Å². The maximum absolute atomic E-state index is 12.0. The standard InChI is InChI=1S/C8H11F2N3O2S/c9-8(10)4-13-6-2-1-5(11)3-7(6)16(12,14)15/h1-3,8,13H,4,11H2,(H2,12,14,15). The van der Waals surface area contributed by atoms with Crippen LogP contribution in [0.1, 0.15) is 0 Å².